The molecular weight excluding hydrogens is 393 g/mol. The van der Waals surface area contributed by atoms with E-state index in [1.54, 1.807) is 14.2 Å². The quantitative estimate of drug-likeness (QED) is 0.418. The van der Waals surface area contributed by atoms with E-state index in [9.17, 15) is 0 Å². The number of halogens is 1. The molecule has 1 aromatic rings. The van der Waals surface area contributed by atoms with E-state index in [2.05, 4.69) is 28.2 Å². The van der Waals surface area contributed by atoms with Gasteiger partial charge in [-0.3, -0.25) is 4.99 Å². The molecule has 0 fully saturated rings. The molecule has 0 aliphatic rings. The molecule has 0 aromatic heterocycles. The Labute approximate surface area is 151 Å². The van der Waals surface area contributed by atoms with Crippen LogP contribution >= 0.6 is 24.0 Å². The average Bonchev–Trinajstić information content (AvgIpc) is 2.53. The van der Waals surface area contributed by atoms with Gasteiger partial charge in [0.2, 0.25) is 0 Å². The highest BCUT2D eigenvalue weighted by Gasteiger charge is 2.08. The second kappa shape index (κ2) is 11.4. The van der Waals surface area contributed by atoms with Gasteiger partial charge in [-0.1, -0.05) is 13.0 Å². The minimum absolute atomic E-state index is 0. The van der Waals surface area contributed by atoms with Gasteiger partial charge >= 0.3 is 0 Å². The Morgan fingerprint density at radius 2 is 1.91 bits per heavy atom. The number of ether oxygens (including phenoxy) is 2. The van der Waals surface area contributed by atoms with Crippen LogP contribution in [0.25, 0.3) is 0 Å². The zero-order chi connectivity index (χ0) is 15.7. The van der Waals surface area contributed by atoms with E-state index in [-0.39, 0.29) is 24.0 Å². The maximum absolute atomic E-state index is 5.33. The predicted octanol–water partition coefficient (Wildman–Crippen LogP) is 2.78. The summed E-state index contributed by atoms with van der Waals surface area (Å²) in [6.45, 7) is 3.97. The van der Waals surface area contributed by atoms with Crippen molar-refractivity contribution in [3.05, 3.63) is 23.8 Å². The first-order valence-electron chi connectivity index (χ1n) is 7.28. The fourth-order valence-electron chi connectivity index (χ4n) is 2.06. The Kier molecular flexibility index (Phi) is 10.8. The molecule has 126 valence electrons. The van der Waals surface area contributed by atoms with Crippen LogP contribution in [-0.2, 0) is 6.42 Å². The second-order valence-electron chi connectivity index (χ2n) is 4.83. The fraction of sp³-hybridized carbons (Fsp3) is 0.562. The number of nitrogens with zero attached hydrogens (tertiary/aromatic N) is 2. The van der Waals surface area contributed by atoms with Gasteiger partial charge in [0.05, 0.1) is 14.2 Å². The van der Waals surface area contributed by atoms with Gasteiger partial charge in [-0.05, 0) is 30.5 Å². The molecule has 0 atom stereocenters. The topological polar surface area (TPSA) is 46.1 Å². The summed E-state index contributed by atoms with van der Waals surface area (Å²) in [4.78, 5) is 6.42. The van der Waals surface area contributed by atoms with E-state index in [0.29, 0.717) is 0 Å². The lowest BCUT2D eigenvalue weighted by atomic mass is 10.1. The van der Waals surface area contributed by atoms with Gasteiger partial charge in [-0.15, -0.1) is 24.0 Å². The molecule has 0 spiro atoms. The third-order valence-electron chi connectivity index (χ3n) is 3.29. The summed E-state index contributed by atoms with van der Waals surface area (Å²) in [6.07, 6.45) is 2.01. The Morgan fingerprint density at radius 3 is 2.45 bits per heavy atom. The minimum atomic E-state index is 0. The Bertz CT molecular complexity index is 467. The maximum Gasteiger partial charge on any atom is 0.193 e. The van der Waals surface area contributed by atoms with Crippen molar-refractivity contribution in [2.75, 3.05) is 41.4 Å². The number of methoxy groups -OCH3 is 2. The van der Waals surface area contributed by atoms with Crippen molar-refractivity contribution in [2.45, 2.75) is 19.8 Å². The highest BCUT2D eigenvalue weighted by molar-refractivity contribution is 14.0. The molecule has 1 aromatic carbocycles. The van der Waals surface area contributed by atoms with Crippen LogP contribution in [-0.4, -0.2) is 52.3 Å². The third-order valence-corrected chi connectivity index (χ3v) is 3.29. The molecule has 5 nitrogen and oxygen atoms in total. The number of aliphatic imine (C=N–C) groups is 1. The number of hydrogen-bond donors (Lipinski definition) is 1. The molecule has 22 heavy (non-hydrogen) atoms. The molecule has 0 saturated carbocycles. The number of guanidine groups is 1. The maximum atomic E-state index is 5.33. The van der Waals surface area contributed by atoms with Crippen molar-refractivity contribution in [3.8, 4) is 11.5 Å². The van der Waals surface area contributed by atoms with E-state index >= 15 is 0 Å². The van der Waals surface area contributed by atoms with Crippen LogP contribution < -0.4 is 14.8 Å². The fourth-order valence-corrected chi connectivity index (χ4v) is 2.06. The van der Waals surface area contributed by atoms with Crippen molar-refractivity contribution in [3.63, 3.8) is 0 Å². The Hall–Kier alpha value is -1.18. The predicted molar refractivity (Wildman–Crippen MR) is 103 cm³/mol. The van der Waals surface area contributed by atoms with E-state index in [1.807, 2.05) is 26.2 Å². The van der Waals surface area contributed by atoms with Gasteiger partial charge in [0.25, 0.3) is 0 Å². The first-order chi connectivity index (χ1) is 10.2. The van der Waals surface area contributed by atoms with Crippen LogP contribution in [0.1, 0.15) is 18.9 Å². The smallest absolute Gasteiger partial charge is 0.193 e. The summed E-state index contributed by atoms with van der Waals surface area (Å²) in [6, 6.07) is 6.03. The molecule has 0 saturated heterocycles. The molecule has 6 heteroatoms. The largest absolute Gasteiger partial charge is 0.493 e. The van der Waals surface area contributed by atoms with Gasteiger partial charge in [-0.25, -0.2) is 0 Å². The number of hydrogen-bond acceptors (Lipinski definition) is 3. The van der Waals surface area contributed by atoms with Gasteiger partial charge in [0, 0.05) is 27.2 Å². The van der Waals surface area contributed by atoms with Crippen LogP contribution in [0.3, 0.4) is 0 Å². The van der Waals surface area contributed by atoms with Crippen molar-refractivity contribution in [1.82, 2.24) is 10.2 Å². The van der Waals surface area contributed by atoms with E-state index in [1.165, 1.54) is 5.56 Å². The van der Waals surface area contributed by atoms with Crippen molar-refractivity contribution in [1.29, 1.82) is 0 Å². The van der Waals surface area contributed by atoms with E-state index in [4.69, 9.17) is 9.47 Å². The number of nitrogens with one attached hydrogen (secondary N) is 1. The molecular formula is C16H28IN3O2. The SMILES string of the molecule is CCCNC(=NC)N(C)CCc1ccc(OC)c(OC)c1.I. The van der Waals surface area contributed by atoms with Gasteiger partial charge in [0.15, 0.2) is 17.5 Å². The summed E-state index contributed by atoms with van der Waals surface area (Å²) >= 11 is 0. The lowest BCUT2D eigenvalue weighted by Crippen LogP contribution is -2.40. The molecule has 1 N–H and O–H groups in total. The summed E-state index contributed by atoms with van der Waals surface area (Å²) in [5.41, 5.74) is 1.21. The molecule has 0 heterocycles. The van der Waals surface area contributed by atoms with Crippen molar-refractivity contribution < 1.29 is 9.47 Å². The number of likely N-dealkylation sites (N-methyl/N-ethyl adjacent to an activating group) is 1. The first-order valence-corrected chi connectivity index (χ1v) is 7.28. The lowest BCUT2D eigenvalue weighted by molar-refractivity contribution is 0.354. The van der Waals surface area contributed by atoms with Gasteiger partial charge in [-0.2, -0.15) is 0 Å². The van der Waals surface area contributed by atoms with Gasteiger partial charge in [0.1, 0.15) is 0 Å². The Balaban J connectivity index is 0.00000441. The zero-order valence-electron chi connectivity index (χ0n) is 14.2. The molecule has 1 rings (SSSR count). The standard InChI is InChI=1S/C16H27N3O2.HI/c1-6-10-18-16(17-2)19(3)11-9-13-7-8-14(20-4)15(12-13)21-5;/h7-8,12H,6,9-11H2,1-5H3,(H,17,18);1H. The number of benzene rings is 1. The highest BCUT2D eigenvalue weighted by Crippen LogP contribution is 2.27. The summed E-state index contributed by atoms with van der Waals surface area (Å²) in [5.74, 6) is 2.46. The third kappa shape index (κ3) is 6.29. The van der Waals surface area contributed by atoms with Crippen LogP contribution in [0.2, 0.25) is 0 Å². The molecule has 0 radical (unpaired) electrons. The van der Waals surface area contributed by atoms with Crippen molar-refractivity contribution in [2.24, 2.45) is 4.99 Å². The second-order valence-corrected chi connectivity index (χ2v) is 4.83. The lowest BCUT2D eigenvalue weighted by Gasteiger charge is -2.22. The van der Waals surface area contributed by atoms with Crippen molar-refractivity contribution >= 4 is 29.9 Å². The number of rotatable bonds is 7. The highest BCUT2D eigenvalue weighted by atomic mass is 127. The van der Waals surface area contributed by atoms with Crippen LogP contribution in [0.15, 0.2) is 23.2 Å². The molecule has 0 unspecified atom stereocenters. The van der Waals surface area contributed by atoms with Crippen LogP contribution in [0, 0.1) is 0 Å². The summed E-state index contributed by atoms with van der Waals surface area (Å²) in [7, 11) is 7.16. The van der Waals surface area contributed by atoms with Crippen LogP contribution in [0.4, 0.5) is 0 Å². The minimum Gasteiger partial charge on any atom is -0.493 e. The Morgan fingerprint density at radius 1 is 1.23 bits per heavy atom. The molecule has 0 bridgehead atoms. The van der Waals surface area contributed by atoms with E-state index < -0.39 is 0 Å². The summed E-state index contributed by atoms with van der Waals surface area (Å²) < 4.78 is 10.6. The van der Waals surface area contributed by atoms with E-state index in [0.717, 1.165) is 43.4 Å². The molecule has 0 aliphatic heterocycles. The zero-order valence-corrected chi connectivity index (χ0v) is 16.5. The molecule has 0 aliphatic carbocycles. The summed E-state index contributed by atoms with van der Waals surface area (Å²) in [5, 5.41) is 3.33. The molecule has 0 amide bonds. The van der Waals surface area contributed by atoms with Crippen LogP contribution in [0.5, 0.6) is 11.5 Å². The first kappa shape index (κ1) is 20.8. The monoisotopic (exact) mass is 421 g/mol. The average molecular weight is 421 g/mol. The van der Waals surface area contributed by atoms with Gasteiger partial charge < -0.3 is 19.7 Å². The normalized spacial score (nSPS) is 10.7.